The number of nitrogens with zero attached hydrogens (tertiary/aromatic N) is 4. The number of aryl methyl sites for hydroxylation is 1. The number of hydrogen-bond donors (Lipinski definition) is 1. The van der Waals surface area contributed by atoms with Gasteiger partial charge in [0.1, 0.15) is 10.6 Å². The molecule has 1 aliphatic rings. The Balaban J connectivity index is 1.52. The Morgan fingerprint density at radius 2 is 1.74 bits per heavy atom. The van der Waals surface area contributed by atoms with Crippen molar-refractivity contribution in [3.05, 3.63) is 78.1 Å². The molecule has 1 unspecified atom stereocenters. The number of phenolic OH excluding ortho intramolecular Hbond substituents is 1. The smallest absolute Gasteiger partial charge is 0.252 e. The second kappa shape index (κ2) is 8.52. The van der Waals surface area contributed by atoms with Crippen LogP contribution in [0.4, 0.5) is 0 Å². The number of rotatable bonds is 5. The van der Waals surface area contributed by atoms with Gasteiger partial charge in [-0.05, 0) is 36.2 Å². The molecule has 1 N–H and O–H groups in total. The summed E-state index contributed by atoms with van der Waals surface area (Å²) in [5, 5.41) is 14.3. The highest BCUT2D eigenvalue weighted by atomic mass is 32.2. The van der Waals surface area contributed by atoms with Gasteiger partial charge in [-0.3, -0.25) is 9.48 Å². The molecule has 1 amide bonds. The molecule has 9 heteroatoms. The largest absolute Gasteiger partial charge is 0.507 e. The minimum Gasteiger partial charge on any atom is -0.507 e. The zero-order valence-corrected chi connectivity index (χ0v) is 17.9. The van der Waals surface area contributed by atoms with Crippen LogP contribution in [0.3, 0.4) is 0 Å². The maximum Gasteiger partial charge on any atom is 0.252 e. The van der Waals surface area contributed by atoms with E-state index < -0.39 is 16.1 Å². The van der Waals surface area contributed by atoms with Crippen molar-refractivity contribution in [3.63, 3.8) is 0 Å². The van der Waals surface area contributed by atoms with Gasteiger partial charge in [0.2, 0.25) is 10.0 Å². The maximum absolute atomic E-state index is 13.4. The number of aromatic nitrogens is 2. The van der Waals surface area contributed by atoms with E-state index in [9.17, 15) is 18.3 Å². The fourth-order valence-electron chi connectivity index (χ4n) is 3.77. The summed E-state index contributed by atoms with van der Waals surface area (Å²) in [5.41, 5.74) is 1.56. The number of piperazine rings is 1. The quantitative estimate of drug-likeness (QED) is 0.655. The molecule has 4 rings (SSSR count). The van der Waals surface area contributed by atoms with Crippen LogP contribution in [-0.4, -0.2) is 64.6 Å². The van der Waals surface area contributed by atoms with Crippen molar-refractivity contribution in [3.8, 4) is 5.75 Å². The number of benzene rings is 2. The standard InChI is InChI=1S/C22H24N4O4S/c1-17-8-9-19(27)20(16-17)31(29,30)25-14-12-24(13-15-25)22(28)21(26-11-5-10-23-26)18-6-3-2-4-7-18/h2-11,16,21,27H,12-15H2,1H3. The van der Waals surface area contributed by atoms with Crippen LogP contribution < -0.4 is 0 Å². The van der Waals surface area contributed by atoms with E-state index in [2.05, 4.69) is 5.10 Å². The molecule has 162 valence electrons. The first-order valence-electron chi connectivity index (χ1n) is 10.0. The van der Waals surface area contributed by atoms with E-state index in [0.29, 0.717) is 0 Å². The molecule has 3 aromatic rings. The molecule has 0 spiro atoms. The molecule has 8 nitrogen and oxygen atoms in total. The molecule has 1 atom stereocenters. The van der Waals surface area contributed by atoms with E-state index in [4.69, 9.17) is 0 Å². The highest BCUT2D eigenvalue weighted by molar-refractivity contribution is 7.89. The highest BCUT2D eigenvalue weighted by Crippen LogP contribution is 2.28. The third-order valence-corrected chi connectivity index (χ3v) is 7.35. The normalized spacial score (nSPS) is 16.2. The Bertz CT molecular complexity index is 1160. The molecule has 31 heavy (non-hydrogen) atoms. The van der Waals surface area contributed by atoms with E-state index in [1.165, 1.54) is 16.4 Å². The van der Waals surface area contributed by atoms with Gasteiger partial charge in [0.15, 0.2) is 6.04 Å². The van der Waals surface area contributed by atoms with Crippen molar-refractivity contribution in [2.75, 3.05) is 26.2 Å². The van der Waals surface area contributed by atoms with Crippen molar-refractivity contribution < 1.29 is 18.3 Å². The van der Waals surface area contributed by atoms with Crippen LogP contribution in [0.25, 0.3) is 0 Å². The average Bonchev–Trinajstić information content (AvgIpc) is 3.30. The first-order chi connectivity index (χ1) is 14.9. The van der Waals surface area contributed by atoms with Crippen LogP contribution in [0.1, 0.15) is 17.2 Å². The van der Waals surface area contributed by atoms with E-state index in [1.54, 1.807) is 41.0 Å². The van der Waals surface area contributed by atoms with Crippen LogP contribution in [0.5, 0.6) is 5.75 Å². The molecular formula is C22H24N4O4S. The number of carbonyl (C=O) groups excluding carboxylic acids is 1. The van der Waals surface area contributed by atoms with Crippen molar-refractivity contribution in [2.24, 2.45) is 0 Å². The zero-order chi connectivity index (χ0) is 22.0. The summed E-state index contributed by atoms with van der Waals surface area (Å²) < 4.78 is 29.0. The monoisotopic (exact) mass is 440 g/mol. The third kappa shape index (κ3) is 4.19. The second-order valence-electron chi connectivity index (χ2n) is 7.50. The molecular weight excluding hydrogens is 416 g/mol. The number of amides is 1. The van der Waals surface area contributed by atoms with Gasteiger partial charge in [-0.2, -0.15) is 9.40 Å². The average molecular weight is 441 g/mol. The number of carbonyl (C=O) groups is 1. The van der Waals surface area contributed by atoms with Crippen LogP contribution in [-0.2, 0) is 14.8 Å². The first-order valence-corrected chi connectivity index (χ1v) is 11.4. The number of aromatic hydroxyl groups is 1. The molecule has 1 saturated heterocycles. The lowest BCUT2D eigenvalue weighted by atomic mass is 10.1. The fourth-order valence-corrected chi connectivity index (χ4v) is 5.36. The first kappa shape index (κ1) is 21.1. The van der Waals surface area contributed by atoms with Crippen LogP contribution >= 0.6 is 0 Å². The van der Waals surface area contributed by atoms with E-state index in [-0.39, 0.29) is 42.7 Å². The maximum atomic E-state index is 13.4. The molecule has 1 aromatic heterocycles. The summed E-state index contributed by atoms with van der Waals surface area (Å²) in [6.45, 7) is 2.60. The highest BCUT2D eigenvalue weighted by Gasteiger charge is 2.35. The summed E-state index contributed by atoms with van der Waals surface area (Å²) in [6.07, 6.45) is 3.37. The Labute approximate surface area is 181 Å². The number of hydrogen-bond acceptors (Lipinski definition) is 5. The van der Waals surface area contributed by atoms with Crippen LogP contribution in [0, 0.1) is 6.92 Å². The summed E-state index contributed by atoms with van der Waals surface area (Å²) in [5.74, 6) is -0.405. The fraction of sp³-hybridized carbons (Fsp3) is 0.273. The summed E-state index contributed by atoms with van der Waals surface area (Å²) in [4.78, 5) is 14.9. The Morgan fingerprint density at radius 3 is 2.39 bits per heavy atom. The van der Waals surface area contributed by atoms with Gasteiger partial charge < -0.3 is 10.0 Å². The molecule has 2 heterocycles. The van der Waals surface area contributed by atoms with Crippen molar-refractivity contribution in [1.29, 1.82) is 0 Å². The van der Waals surface area contributed by atoms with Crippen molar-refractivity contribution in [2.45, 2.75) is 17.9 Å². The van der Waals surface area contributed by atoms with Gasteiger partial charge in [0.25, 0.3) is 5.91 Å². The summed E-state index contributed by atoms with van der Waals surface area (Å²) >= 11 is 0. The molecule has 1 fully saturated rings. The lowest BCUT2D eigenvalue weighted by Gasteiger charge is -2.36. The second-order valence-corrected chi connectivity index (χ2v) is 9.41. The topological polar surface area (TPSA) is 95.7 Å². The zero-order valence-electron chi connectivity index (χ0n) is 17.1. The Kier molecular flexibility index (Phi) is 5.79. The third-order valence-electron chi connectivity index (χ3n) is 5.42. The predicted octanol–water partition coefficient (Wildman–Crippen LogP) is 2.02. The van der Waals surface area contributed by atoms with Gasteiger partial charge in [-0.25, -0.2) is 8.42 Å². The molecule has 0 saturated carbocycles. The summed E-state index contributed by atoms with van der Waals surface area (Å²) in [7, 11) is -3.85. The number of phenols is 1. The van der Waals surface area contributed by atoms with Gasteiger partial charge in [-0.1, -0.05) is 36.4 Å². The molecule has 2 aromatic carbocycles. The SMILES string of the molecule is Cc1ccc(O)c(S(=O)(=O)N2CCN(C(=O)C(c3ccccc3)n3cccn3)CC2)c1. The predicted molar refractivity (Wildman–Crippen MR) is 115 cm³/mol. The molecule has 0 bridgehead atoms. The molecule has 0 radical (unpaired) electrons. The van der Waals surface area contributed by atoms with Gasteiger partial charge in [-0.15, -0.1) is 0 Å². The van der Waals surface area contributed by atoms with Gasteiger partial charge in [0.05, 0.1) is 0 Å². The van der Waals surface area contributed by atoms with Crippen molar-refractivity contribution >= 4 is 15.9 Å². The molecule has 0 aliphatic carbocycles. The number of sulfonamides is 1. The van der Waals surface area contributed by atoms with E-state index in [0.717, 1.165) is 11.1 Å². The summed E-state index contributed by atoms with van der Waals surface area (Å²) in [6, 6.07) is 15.1. The van der Waals surface area contributed by atoms with E-state index >= 15 is 0 Å². The Hall–Kier alpha value is -3.17. The van der Waals surface area contributed by atoms with Crippen LogP contribution in [0.2, 0.25) is 0 Å². The van der Waals surface area contributed by atoms with Crippen LogP contribution in [0.15, 0.2) is 71.9 Å². The minimum absolute atomic E-state index is 0.106. The van der Waals surface area contributed by atoms with E-state index in [1.807, 2.05) is 30.3 Å². The van der Waals surface area contributed by atoms with Gasteiger partial charge >= 0.3 is 0 Å². The lowest BCUT2D eigenvalue weighted by Crippen LogP contribution is -2.52. The molecule has 1 aliphatic heterocycles. The minimum atomic E-state index is -3.85. The van der Waals surface area contributed by atoms with Crippen molar-refractivity contribution in [1.82, 2.24) is 19.0 Å². The Morgan fingerprint density at radius 1 is 1.03 bits per heavy atom. The lowest BCUT2D eigenvalue weighted by molar-refractivity contribution is -0.135. The van der Waals surface area contributed by atoms with Gasteiger partial charge in [0, 0.05) is 38.6 Å².